The maximum atomic E-state index is 13.7. The van der Waals surface area contributed by atoms with Crippen molar-refractivity contribution in [2.24, 2.45) is 0 Å². The van der Waals surface area contributed by atoms with Crippen molar-refractivity contribution in [3.8, 4) is 29.0 Å². The Morgan fingerprint density at radius 2 is 1.79 bits per heavy atom. The lowest BCUT2D eigenvalue weighted by atomic mass is 9.95. The Balaban J connectivity index is 1.76. The number of hydrogen-bond acceptors (Lipinski definition) is 9. The predicted molar refractivity (Wildman–Crippen MR) is 125 cm³/mol. The molecule has 0 atom stereocenters. The molecule has 0 N–H and O–H groups in total. The molecular weight excluding hydrogens is 455 g/mol. The van der Waals surface area contributed by atoms with Crippen LogP contribution in [-0.2, 0) is 10.5 Å². The lowest BCUT2D eigenvalue weighted by Gasteiger charge is -2.36. The number of ether oxygens (including phenoxy) is 2. The Bertz CT molecular complexity index is 1220. The van der Waals surface area contributed by atoms with Gasteiger partial charge < -0.3 is 14.4 Å². The lowest BCUT2D eigenvalue weighted by molar-refractivity contribution is 0.146. The van der Waals surface area contributed by atoms with E-state index in [2.05, 4.69) is 27.1 Å². The van der Waals surface area contributed by atoms with Crippen LogP contribution in [0.4, 0.5) is 10.2 Å². The topological polar surface area (TPSA) is 108 Å². The summed E-state index contributed by atoms with van der Waals surface area (Å²) in [5, 5.41) is 20.5. The van der Waals surface area contributed by atoms with Gasteiger partial charge in [-0.2, -0.15) is 10.5 Å². The van der Waals surface area contributed by atoms with E-state index in [4.69, 9.17) is 9.47 Å². The monoisotopic (exact) mass is 476 g/mol. The van der Waals surface area contributed by atoms with Gasteiger partial charge in [-0.25, -0.2) is 19.3 Å². The highest BCUT2D eigenvalue weighted by atomic mass is 32.2. The van der Waals surface area contributed by atoms with Crippen LogP contribution in [0.3, 0.4) is 0 Å². The molecule has 0 radical (unpaired) electrons. The molecule has 3 heterocycles. The van der Waals surface area contributed by atoms with Crippen molar-refractivity contribution in [3.05, 3.63) is 59.7 Å². The molecule has 10 heteroatoms. The van der Waals surface area contributed by atoms with Crippen molar-refractivity contribution in [2.75, 3.05) is 38.3 Å². The van der Waals surface area contributed by atoms with Crippen LogP contribution < -0.4 is 9.64 Å². The Morgan fingerprint density at radius 1 is 1.09 bits per heavy atom. The molecule has 0 aliphatic carbocycles. The smallest absolute Gasteiger partial charge is 0.148 e. The highest BCUT2D eigenvalue weighted by Crippen LogP contribution is 2.40. The van der Waals surface area contributed by atoms with Gasteiger partial charge >= 0.3 is 0 Å². The van der Waals surface area contributed by atoms with Gasteiger partial charge in [-0.1, -0.05) is 23.9 Å². The summed E-state index contributed by atoms with van der Waals surface area (Å²) in [6, 6.07) is 13.3. The van der Waals surface area contributed by atoms with E-state index in [9.17, 15) is 14.9 Å². The van der Waals surface area contributed by atoms with E-state index in [0.29, 0.717) is 52.5 Å². The number of methoxy groups -OCH3 is 1. The Labute approximate surface area is 201 Å². The third-order valence-electron chi connectivity index (χ3n) is 5.16. The summed E-state index contributed by atoms with van der Waals surface area (Å²) < 4.78 is 24.3. The number of rotatable bonds is 9. The number of nitriles is 2. The molecule has 0 bridgehead atoms. The largest absolute Gasteiger partial charge is 0.491 e. The molecule has 2 aromatic heterocycles. The molecule has 1 aliphatic heterocycles. The third-order valence-corrected chi connectivity index (χ3v) is 6.13. The lowest BCUT2D eigenvalue weighted by Crippen LogP contribution is -2.49. The van der Waals surface area contributed by atoms with E-state index in [1.165, 1.54) is 11.8 Å². The number of aromatic nitrogens is 3. The minimum absolute atomic E-state index is 0.158. The molecule has 1 saturated heterocycles. The van der Waals surface area contributed by atoms with E-state index >= 15 is 0 Å². The Hall–Kier alpha value is -3.73. The highest BCUT2D eigenvalue weighted by Gasteiger charge is 2.32. The van der Waals surface area contributed by atoms with E-state index in [0.717, 1.165) is 0 Å². The summed E-state index contributed by atoms with van der Waals surface area (Å²) in [4.78, 5) is 14.8. The van der Waals surface area contributed by atoms with Crippen LogP contribution in [0.2, 0.25) is 0 Å². The summed E-state index contributed by atoms with van der Waals surface area (Å²) in [6.07, 6.45) is 2.33. The van der Waals surface area contributed by atoms with Crippen LogP contribution in [-0.4, -0.2) is 54.5 Å². The Morgan fingerprint density at radius 3 is 2.41 bits per heavy atom. The summed E-state index contributed by atoms with van der Waals surface area (Å²) in [6.45, 7) is 1.18. The van der Waals surface area contributed by atoms with Crippen LogP contribution in [0.15, 0.2) is 47.8 Å². The average Bonchev–Trinajstić information content (AvgIpc) is 2.86. The SMILES string of the molecule is COCCOc1ccc(-c2c(C#N)c(SCc3ncccn3)nc(N3CC(F)C3)c2C#N)cc1. The fraction of sp³-hybridized carbons (Fsp3) is 0.292. The third kappa shape index (κ3) is 5.09. The molecule has 0 saturated carbocycles. The number of halogens is 1. The molecule has 0 amide bonds. The number of anilines is 1. The van der Waals surface area contributed by atoms with Crippen LogP contribution >= 0.6 is 11.8 Å². The standard InChI is InChI=1S/C24H21FN6O2S/c1-32-9-10-33-18-5-3-16(4-6-18)22-19(11-26)23(31-13-17(25)14-31)30-24(20(22)12-27)34-15-21-28-7-2-8-29-21/h2-8,17H,9-10,13-15H2,1H3. The zero-order valence-corrected chi connectivity index (χ0v) is 19.3. The molecule has 34 heavy (non-hydrogen) atoms. The van der Waals surface area contributed by atoms with Crippen LogP contribution in [0.5, 0.6) is 5.75 Å². The number of benzene rings is 1. The summed E-state index contributed by atoms with van der Waals surface area (Å²) in [7, 11) is 1.60. The van der Waals surface area contributed by atoms with Crippen LogP contribution in [0.25, 0.3) is 11.1 Å². The second kappa shape index (κ2) is 10.9. The summed E-state index contributed by atoms with van der Waals surface area (Å²) in [5.74, 6) is 2.01. The minimum Gasteiger partial charge on any atom is -0.491 e. The molecule has 1 fully saturated rings. The summed E-state index contributed by atoms with van der Waals surface area (Å²) >= 11 is 1.31. The summed E-state index contributed by atoms with van der Waals surface area (Å²) in [5.41, 5.74) is 1.67. The van der Waals surface area contributed by atoms with Crippen LogP contribution in [0.1, 0.15) is 17.0 Å². The fourth-order valence-electron chi connectivity index (χ4n) is 3.48. The number of pyridine rings is 1. The average molecular weight is 477 g/mol. The normalized spacial score (nSPS) is 13.1. The van der Waals surface area contributed by atoms with Crippen molar-refractivity contribution in [3.63, 3.8) is 0 Å². The zero-order valence-electron chi connectivity index (χ0n) is 18.4. The zero-order chi connectivity index (χ0) is 23.9. The first-order valence-corrected chi connectivity index (χ1v) is 11.5. The van der Waals surface area contributed by atoms with Gasteiger partial charge in [-0.3, -0.25) is 0 Å². The van der Waals surface area contributed by atoms with Crippen molar-refractivity contribution >= 4 is 17.6 Å². The number of thioether (sulfide) groups is 1. The van der Waals surface area contributed by atoms with Crippen molar-refractivity contribution in [2.45, 2.75) is 17.0 Å². The van der Waals surface area contributed by atoms with Gasteiger partial charge in [0.05, 0.1) is 31.0 Å². The van der Waals surface area contributed by atoms with Gasteiger partial charge in [0.1, 0.15) is 52.9 Å². The molecule has 1 aromatic carbocycles. The molecular formula is C24H21FN6O2S. The van der Waals surface area contributed by atoms with Gasteiger partial charge in [0.25, 0.3) is 0 Å². The van der Waals surface area contributed by atoms with Crippen molar-refractivity contribution < 1.29 is 13.9 Å². The van der Waals surface area contributed by atoms with Gasteiger partial charge in [-0.15, -0.1) is 0 Å². The van der Waals surface area contributed by atoms with Gasteiger partial charge in [0.15, 0.2) is 0 Å². The second-order valence-corrected chi connectivity index (χ2v) is 8.37. The van der Waals surface area contributed by atoms with Crippen molar-refractivity contribution in [1.29, 1.82) is 10.5 Å². The van der Waals surface area contributed by atoms with E-state index in [1.807, 2.05) is 0 Å². The van der Waals surface area contributed by atoms with E-state index in [1.54, 1.807) is 54.7 Å². The van der Waals surface area contributed by atoms with E-state index in [-0.39, 0.29) is 24.2 Å². The van der Waals surface area contributed by atoms with Gasteiger partial charge in [-0.05, 0) is 23.8 Å². The highest BCUT2D eigenvalue weighted by molar-refractivity contribution is 7.98. The first-order chi connectivity index (χ1) is 16.6. The first-order valence-electron chi connectivity index (χ1n) is 10.5. The molecule has 3 aromatic rings. The molecule has 0 spiro atoms. The minimum atomic E-state index is -0.968. The Kier molecular flexibility index (Phi) is 7.53. The van der Waals surface area contributed by atoms with Crippen molar-refractivity contribution in [1.82, 2.24) is 15.0 Å². The molecule has 4 rings (SSSR count). The molecule has 172 valence electrons. The van der Waals surface area contributed by atoms with Crippen LogP contribution in [0, 0.1) is 22.7 Å². The number of alkyl halides is 1. The second-order valence-electron chi connectivity index (χ2n) is 7.41. The quantitative estimate of drug-likeness (QED) is 0.337. The first kappa shape index (κ1) is 23.4. The van der Waals surface area contributed by atoms with Gasteiger partial charge in [0, 0.05) is 25.1 Å². The number of hydrogen-bond donors (Lipinski definition) is 0. The van der Waals surface area contributed by atoms with Gasteiger partial charge in [0.2, 0.25) is 0 Å². The molecule has 0 unspecified atom stereocenters. The maximum absolute atomic E-state index is 13.7. The van der Waals surface area contributed by atoms with E-state index < -0.39 is 6.17 Å². The molecule has 8 nitrogen and oxygen atoms in total. The maximum Gasteiger partial charge on any atom is 0.148 e. The fourth-order valence-corrected chi connectivity index (χ4v) is 4.34. The number of nitrogens with zero attached hydrogens (tertiary/aromatic N) is 6. The predicted octanol–water partition coefficient (Wildman–Crippen LogP) is 3.76. The molecule has 1 aliphatic rings.